The molecule has 0 saturated carbocycles. The van der Waals surface area contributed by atoms with E-state index < -0.39 is 0 Å². The normalized spacial score (nSPS) is 14.2. The highest BCUT2D eigenvalue weighted by Crippen LogP contribution is 2.40. The summed E-state index contributed by atoms with van der Waals surface area (Å²) in [6.07, 6.45) is 3.77. The van der Waals surface area contributed by atoms with Crippen molar-refractivity contribution >= 4 is 23.6 Å². The van der Waals surface area contributed by atoms with E-state index in [-0.39, 0.29) is 23.7 Å². The SMILES string of the molecule is C/C=C\c1cccc2c1C(=O)N(c1c(C(C)C)cccc1C(C)C)C2=O. The first-order valence-corrected chi connectivity index (χ1v) is 9.15. The summed E-state index contributed by atoms with van der Waals surface area (Å²) in [4.78, 5) is 27.9. The monoisotopic (exact) mass is 347 g/mol. The molecule has 2 aromatic carbocycles. The number of rotatable bonds is 4. The molecule has 0 fully saturated rings. The number of carbonyl (C=O) groups is 2. The quantitative estimate of drug-likeness (QED) is 0.659. The number of hydrogen-bond acceptors (Lipinski definition) is 2. The Labute approximate surface area is 155 Å². The Hall–Kier alpha value is -2.68. The molecule has 134 valence electrons. The summed E-state index contributed by atoms with van der Waals surface area (Å²) < 4.78 is 0. The predicted molar refractivity (Wildman–Crippen MR) is 107 cm³/mol. The Morgan fingerprint density at radius 3 is 1.96 bits per heavy atom. The van der Waals surface area contributed by atoms with E-state index in [9.17, 15) is 9.59 Å². The van der Waals surface area contributed by atoms with E-state index in [1.807, 2.05) is 49.4 Å². The summed E-state index contributed by atoms with van der Waals surface area (Å²) in [6, 6.07) is 11.5. The maximum absolute atomic E-state index is 13.3. The van der Waals surface area contributed by atoms with Gasteiger partial charge in [0.2, 0.25) is 0 Å². The molecular formula is C23H25NO2. The van der Waals surface area contributed by atoms with E-state index >= 15 is 0 Å². The van der Waals surface area contributed by atoms with Gasteiger partial charge in [0, 0.05) is 0 Å². The number of allylic oxidation sites excluding steroid dienone is 1. The fourth-order valence-electron chi connectivity index (χ4n) is 3.60. The number of imide groups is 1. The van der Waals surface area contributed by atoms with Crippen LogP contribution in [0.5, 0.6) is 0 Å². The van der Waals surface area contributed by atoms with Gasteiger partial charge in [-0.2, -0.15) is 0 Å². The highest BCUT2D eigenvalue weighted by Gasteiger charge is 2.40. The molecule has 0 unspecified atom stereocenters. The lowest BCUT2D eigenvalue weighted by molar-refractivity contribution is 0.0925. The molecule has 0 spiro atoms. The second kappa shape index (κ2) is 6.91. The van der Waals surface area contributed by atoms with Crippen LogP contribution in [0.1, 0.15) is 83.9 Å². The Bertz CT molecular complexity index is 880. The van der Waals surface area contributed by atoms with Crippen LogP contribution < -0.4 is 4.90 Å². The van der Waals surface area contributed by atoms with Gasteiger partial charge in [0.05, 0.1) is 16.8 Å². The number of benzene rings is 2. The fraction of sp³-hybridized carbons (Fsp3) is 0.304. The molecule has 0 radical (unpaired) electrons. The van der Waals surface area contributed by atoms with Crippen molar-refractivity contribution in [1.82, 2.24) is 0 Å². The molecule has 0 aromatic heterocycles. The van der Waals surface area contributed by atoms with Crippen LogP contribution in [0.15, 0.2) is 42.5 Å². The lowest BCUT2D eigenvalue weighted by Gasteiger charge is -2.25. The van der Waals surface area contributed by atoms with Gasteiger partial charge in [-0.3, -0.25) is 9.59 Å². The minimum atomic E-state index is -0.230. The van der Waals surface area contributed by atoms with Crippen molar-refractivity contribution in [2.45, 2.75) is 46.5 Å². The molecule has 0 aliphatic carbocycles. The van der Waals surface area contributed by atoms with Crippen molar-refractivity contribution in [2.24, 2.45) is 0 Å². The third-order valence-corrected chi connectivity index (χ3v) is 4.86. The van der Waals surface area contributed by atoms with Crippen molar-refractivity contribution in [3.05, 3.63) is 70.3 Å². The van der Waals surface area contributed by atoms with Gasteiger partial charge in [0.15, 0.2) is 0 Å². The third-order valence-electron chi connectivity index (χ3n) is 4.86. The Morgan fingerprint density at radius 1 is 0.846 bits per heavy atom. The van der Waals surface area contributed by atoms with Gasteiger partial charge in [-0.1, -0.05) is 70.2 Å². The summed E-state index contributed by atoms with van der Waals surface area (Å²) in [5, 5.41) is 0. The van der Waals surface area contributed by atoms with Crippen LogP contribution in [-0.4, -0.2) is 11.8 Å². The Kier molecular flexibility index (Phi) is 4.82. The first kappa shape index (κ1) is 18.1. The molecule has 26 heavy (non-hydrogen) atoms. The number of nitrogens with zero attached hydrogens (tertiary/aromatic N) is 1. The predicted octanol–water partition coefficient (Wildman–Crippen LogP) is 5.77. The van der Waals surface area contributed by atoms with Crippen LogP contribution in [0, 0.1) is 0 Å². The molecule has 3 rings (SSSR count). The van der Waals surface area contributed by atoms with E-state index in [0.717, 1.165) is 22.4 Å². The van der Waals surface area contributed by atoms with Crippen LogP contribution in [0.4, 0.5) is 5.69 Å². The van der Waals surface area contributed by atoms with Gasteiger partial charge in [0.25, 0.3) is 11.8 Å². The minimum Gasteiger partial charge on any atom is -0.268 e. The second-order valence-corrected chi connectivity index (χ2v) is 7.31. The van der Waals surface area contributed by atoms with Crippen LogP contribution in [-0.2, 0) is 0 Å². The molecule has 2 amide bonds. The van der Waals surface area contributed by atoms with Gasteiger partial charge in [-0.25, -0.2) is 4.90 Å². The first-order valence-electron chi connectivity index (χ1n) is 9.15. The first-order chi connectivity index (χ1) is 12.4. The molecule has 2 aromatic rings. The zero-order valence-corrected chi connectivity index (χ0v) is 16.0. The number of amides is 2. The van der Waals surface area contributed by atoms with Crippen LogP contribution >= 0.6 is 0 Å². The van der Waals surface area contributed by atoms with Crippen LogP contribution in [0.2, 0.25) is 0 Å². The van der Waals surface area contributed by atoms with Crippen LogP contribution in [0.25, 0.3) is 6.08 Å². The number of anilines is 1. The summed E-state index contributed by atoms with van der Waals surface area (Å²) >= 11 is 0. The summed E-state index contributed by atoms with van der Waals surface area (Å²) in [7, 11) is 0. The zero-order chi connectivity index (χ0) is 19.0. The number of hydrogen-bond donors (Lipinski definition) is 0. The molecule has 3 nitrogen and oxygen atoms in total. The average molecular weight is 347 g/mol. The highest BCUT2D eigenvalue weighted by molar-refractivity contribution is 6.35. The number of para-hydroxylation sites is 1. The van der Waals surface area contributed by atoms with Gasteiger partial charge in [-0.15, -0.1) is 0 Å². The Balaban J connectivity index is 2.26. The smallest absolute Gasteiger partial charge is 0.266 e. The second-order valence-electron chi connectivity index (χ2n) is 7.31. The molecule has 1 aliphatic rings. The molecule has 0 bridgehead atoms. The van der Waals surface area contributed by atoms with Crippen molar-refractivity contribution < 1.29 is 9.59 Å². The van der Waals surface area contributed by atoms with Gasteiger partial charge in [0.1, 0.15) is 0 Å². The largest absolute Gasteiger partial charge is 0.268 e. The third kappa shape index (κ3) is 2.78. The molecule has 0 atom stereocenters. The van der Waals surface area contributed by atoms with E-state index in [1.165, 1.54) is 4.90 Å². The van der Waals surface area contributed by atoms with Crippen molar-refractivity contribution in [2.75, 3.05) is 4.90 Å². The van der Waals surface area contributed by atoms with E-state index in [4.69, 9.17) is 0 Å². The van der Waals surface area contributed by atoms with Crippen molar-refractivity contribution in [3.8, 4) is 0 Å². The molecule has 1 heterocycles. The van der Waals surface area contributed by atoms with Gasteiger partial charge in [-0.05, 0) is 41.5 Å². The lowest BCUT2D eigenvalue weighted by atomic mass is 9.92. The van der Waals surface area contributed by atoms with Gasteiger partial charge < -0.3 is 0 Å². The topological polar surface area (TPSA) is 37.4 Å². The number of fused-ring (bicyclic) bond motifs is 1. The maximum atomic E-state index is 13.3. The summed E-state index contributed by atoms with van der Waals surface area (Å²) in [5.41, 5.74) is 4.59. The van der Waals surface area contributed by atoms with E-state index in [1.54, 1.807) is 6.07 Å². The van der Waals surface area contributed by atoms with Gasteiger partial charge >= 0.3 is 0 Å². The van der Waals surface area contributed by atoms with Crippen molar-refractivity contribution in [3.63, 3.8) is 0 Å². The average Bonchev–Trinajstić information content (AvgIpc) is 2.86. The zero-order valence-electron chi connectivity index (χ0n) is 16.0. The summed E-state index contributed by atoms with van der Waals surface area (Å²) in [5.74, 6) is -0.0360. The fourth-order valence-corrected chi connectivity index (χ4v) is 3.60. The minimum absolute atomic E-state index is 0.211. The Morgan fingerprint density at radius 2 is 1.42 bits per heavy atom. The van der Waals surface area contributed by atoms with E-state index in [0.29, 0.717) is 11.1 Å². The maximum Gasteiger partial charge on any atom is 0.266 e. The lowest BCUT2D eigenvalue weighted by Crippen LogP contribution is -2.32. The van der Waals surface area contributed by atoms with Crippen LogP contribution in [0.3, 0.4) is 0 Å². The summed E-state index contributed by atoms with van der Waals surface area (Å²) in [6.45, 7) is 10.3. The highest BCUT2D eigenvalue weighted by atomic mass is 16.2. The van der Waals surface area contributed by atoms with E-state index in [2.05, 4.69) is 27.7 Å². The molecule has 0 N–H and O–H groups in total. The molecule has 0 saturated heterocycles. The standard InChI is InChI=1S/C23H25NO2/c1-6-9-16-10-7-13-19-20(16)23(26)24(22(19)25)21-17(14(2)3)11-8-12-18(21)15(4)5/h6-15H,1-5H3/b9-6-. The molecule has 3 heteroatoms. The van der Waals surface area contributed by atoms with Crippen molar-refractivity contribution in [1.29, 1.82) is 0 Å². The molecular weight excluding hydrogens is 322 g/mol. The number of carbonyl (C=O) groups excluding carboxylic acids is 2. The molecule has 1 aliphatic heterocycles.